The third kappa shape index (κ3) is 4.09. The van der Waals surface area contributed by atoms with Crippen LogP contribution in [0, 0.1) is 24.6 Å². The van der Waals surface area contributed by atoms with Gasteiger partial charge in [-0.15, -0.1) is 0 Å². The van der Waals surface area contributed by atoms with E-state index < -0.39 is 11.7 Å². The van der Waals surface area contributed by atoms with E-state index in [1.165, 1.54) is 11.0 Å². The van der Waals surface area contributed by atoms with Crippen LogP contribution in [0.3, 0.4) is 0 Å². The molecule has 26 heavy (non-hydrogen) atoms. The van der Waals surface area contributed by atoms with Gasteiger partial charge in [-0.25, -0.2) is 4.39 Å². The first-order valence-electron chi connectivity index (χ1n) is 8.75. The Labute approximate surface area is 152 Å². The van der Waals surface area contributed by atoms with Gasteiger partial charge in [0.05, 0.1) is 11.6 Å². The number of nitrogens with one attached hydrogen (secondary N) is 1. The lowest BCUT2D eigenvalue weighted by atomic mass is 10.1. The molecule has 3 rings (SSSR count). The van der Waals surface area contributed by atoms with E-state index in [0.717, 1.165) is 5.56 Å². The van der Waals surface area contributed by atoms with E-state index >= 15 is 0 Å². The Bertz CT molecular complexity index is 791. The van der Waals surface area contributed by atoms with Gasteiger partial charge in [0.2, 0.25) is 11.8 Å². The molecule has 0 spiro atoms. The highest BCUT2D eigenvalue weighted by atomic mass is 19.1. The van der Waals surface area contributed by atoms with Crippen LogP contribution in [0.4, 0.5) is 10.1 Å². The fraction of sp³-hybridized carbons (Fsp3) is 0.421. The van der Waals surface area contributed by atoms with Crippen molar-refractivity contribution in [2.24, 2.45) is 11.8 Å². The normalized spacial score (nSPS) is 18.2. The van der Waals surface area contributed by atoms with Crippen LogP contribution < -0.4 is 10.2 Å². The number of halogens is 1. The van der Waals surface area contributed by atoms with E-state index in [1.807, 2.05) is 23.9 Å². The zero-order valence-corrected chi connectivity index (χ0v) is 15.0. The van der Waals surface area contributed by atoms with Crippen LogP contribution in [-0.2, 0) is 16.1 Å². The van der Waals surface area contributed by atoms with Gasteiger partial charge in [0.15, 0.2) is 0 Å². The molecule has 1 aliphatic rings. The molecular weight excluding hydrogens is 335 g/mol. The summed E-state index contributed by atoms with van der Waals surface area (Å²) in [5, 5.41) is 7.05. The molecule has 2 amide bonds. The van der Waals surface area contributed by atoms with Gasteiger partial charge >= 0.3 is 0 Å². The Morgan fingerprint density at radius 2 is 2.27 bits per heavy atom. The van der Waals surface area contributed by atoms with Crippen LogP contribution >= 0.6 is 0 Å². The minimum Gasteiger partial charge on any atom is -0.355 e. The van der Waals surface area contributed by atoms with Gasteiger partial charge in [0.1, 0.15) is 5.82 Å². The summed E-state index contributed by atoms with van der Waals surface area (Å²) in [6.45, 7) is 5.23. The van der Waals surface area contributed by atoms with Crippen LogP contribution in [0.2, 0.25) is 0 Å². The van der Waals surface area contributed by atoms with E-state index in [0.29, 0.717) is 13.1 Å². The number of hydrogen-bond acceptors (Lipinski definition) is 3. The predicted octanol–water partition coefficient (Wildman–Crippen LogP) is 2.14. The molecule has 138 valence electrons. The summed E-state index contributed by atoms with van der Waals surface area (Å²) < 4.78 is 16.0. The first kappa shape index (κ1) is 18.1. The number of carbonyl (C=O) groups excluding carboxylic acids is 2. The number of benzene rings is 1. The molecule has 1 N–H and O–H groups in total. The van der Waals surface area contributed by atoms with Crippen LogP contribution in [0.25, 0.3) is 0 Å². The molecule has 6 nitrogen and oxygen atoms in total. The molecule has 2 atom stereocenters. The summed E-state index contributed by atoms with van der Waals surface area (Å²) in [7, 11) is 0. The van der Waals surface area contributed by atoms with Gasteiger partial charge < -0.3 is 10.2 Å². The zero-order valence-electron chi connectivity index (χ0n) is 15.0. The maximum atomic E-state index is 14.1. The van der Waals surface area contributed by atoms with Crippen molar-refractivity contribution in [3.8, 4) is 0 Å². The lowest BCUT2D eigenvalue weighted by molar-refractivity contribution is -0.126. The highest BCUT2D eigenvalue weighted by molar-refractivity contribution is 6.00. The van der Waals surface area contributed by atoms with Gasteiger partial charge in [-0.2, -0.15) is 5.10 Å². The van der Waals surface area contributed by atoms with Gasteiger partial charge in [-0.1, -0.05) is 13.0 Å². The minimum absolute atomic E-state index is 0.104. The lowest BCUT2D eigenvalue weighted by Crippen LogP contribution is -2.36. The van der Waals surface area contributed by atoms with Crippen LogP contribution in [0.5, 0.6) is 0 Å². The monoisotopic (exact) mass is 358 g/mol. The molecule has 0 bridgehead atoms. The number of carbonyl (C=O) groups is 2. The quantitative estimate of drug-likeness (QED) is 0.860. The second kappa shape index (κ2) is 7.68. The standard InChI is InChI=1S/C19H23FN4O2/c1-13-4-5-17(16(20)8-13)24-12-15(9-18(24)25)19(26)21-10-14(2)11-23-7-3-6-22-23/h3-8,14-15H,9-12H2,1-2H3,(H,21,26). The average molecular weight is 358 g/mol. The number of aryl methyl sites for hydroxylation is 1. The molecule has 1 saturated heterocycles. The molecule has 2 unspecified atom stereocenters. The summed E-state index contributed by atoms with van der Waals surface area (Å²) in [6.07, 6.45) is 3.70. The maximum Gasteiger partial charge on any atom is 0.227 e. The van der Waals surface area contributed by atoms with Crippen molar-refractivity contribution in [2.45, 2.75) is 26.8 Å². The van der Waals surface area contributed by atoms with Crippen molar-refractivity contribution in [3.63, 3.8) is 0 Å². The van der Waals surface area contributed by atoms with Gasteiger partial charge in [-0.3, -0.25) is 14.3 Å². The molecule has 1 aromatic carbocycles. The molecule has 7 heteroatoms. The third-order valence-corrected chi connectivity index (χ3v) is 4.57. The zero-order chi connectivity index (χ0) is 18.7. The van der Waals surface area contributed by atoms with Gasteiger partial charge in [-0.05, 0) is 36.6 Å². The topological polar surface area (TPSA) is 67.2 Å². The molecular formula is C19H23FN4O2. The Morgan fingerprint density at radius 3 is 2.96 bits per heavy atom. The van der Waals surface area contributed by atoms with Crippen molar-refractivity contribution in [1.82, 2.24) is 15.1 Å². The first-order chi connectivity index (χ1) is 12.4. The summed E-state index contributed by atoms with van der Waals surface area (Å²) in [4.78, 5) is 26.0. The van der Waals surface area contributed by atoms with E-state index in [4.69, 9.17) is 0 Å². The number of nitrogens with zero attached hydrogens (tertiary/aromatic N) is 3. The second-order valence-corrected chi connectivity index (χ2v) is 6.94. The summed E-state index contributed by atoms with van der Waals surface area (Å²) >= 11 is 0. The molecule has 2 aromatic rings. The van der Waals surface area contributed by atoms with Crippen molar-refractivity contribution in [1.29, 1.82) is 0 Å². The SMILES string of the molecule is Cc1ccc(N2CC(C(=O)NCC(C)Cn3cccn3)CC2=O)c(F)c1. The van der Waals surface area contributed by atoms with Gasteiger partial charge in [0, 0.05) is 38.4 Å². The second-order valence-electron chi connectivity index (χ2n) is 6.94. The fourth-order valence-corrected chi connectivity index (χ4v) is 3.16. The number of amides is 2. The Balaban J connectivity index is 1.55. The van der Waals surface area contributed by atoms with Crippen LogP contribution in [-0.4, -0.2) is 34.7 Å². The highest BCUT2D eigenvalue weighted by Gasteiger charge is 2.36. The van der Waals surface area contributed by atoms with Crippen molar-refractivity contribution in [3.05, 3.63) is 48.0 Å². The van der Waals surface area contributed by atoms with Crippen molar-refractivity contribution in [2.75, 3.05) is 18.0 Å². The Kier molecular flexibility index (Phi) is 5.35. The molecule has 1 aliphatic heterocycles. The number of anilines is 1. The average Bonchev–Trinajstić information content (AvgIpc) is 3.22. The van der Waals surface area contributed by atoms with E-state index in [1.54, 1.807) is 25.3 Å². The lowest BCUT2D eigenvalue weighted by Gasteiger charge is -2.18. The number of rotatable bonds is 6. The molecule has 1 fully saturated rings. The van der Waals surface area contributed by atoms with Crippen molar-refractivity contribution < 1.29 is 14.0 Å². The summed E-state index contributed by atoms with van der Waals surface area (Å²) in [5.74, 6) is -1.08. The molecule has 0 saturated carbocycles. The van der Waals surface area contributed by atoms with Crippen molar-refractivity contribution >= 4 is 17.5 Å². The van der Waals surface area contributed by atoms with E-state index in [9.17, 15) is 14.0 Å². The fourth-order valence-electron chi connectivity index (χ4n) is 3.16. The third-order valence-electron chi connectivity index (χ3n) is 4.57. The summed E-state index contributed by atoms with van der Waals surface area (Å²) in [5.41, 5.74) is 1.03. The Morgan fingerprint density at radius 1 is 1.46 bits per heavy atom. The molecule has 0 radical (unpaired) electrons. The predicted molar refractivity (Wildman–Crippen MR) is 96.0 cm³/mol. The van der Waals surface area contributed by atoms with Gasteiger partial charge in [0.25, 0.3) is 0 Å². The van der Waals surface area contributed by atoms with Crippen LogP contribution in [0.1, 0.15) is 18.9 Å². The van der Waals surface area contributed by atoms with E-state index in [-0.39, 0.29) is 36.4 Å². The van der Waals surface area contributed by atoms with Crippen LogP contribution in [0.15, 0.2) is 36.7 Å². The first-order valence-corrected chi connectivity index (χ1v) is 8.75. The number of hydrogen-bond donors (Lipinski definition) is 1. The summed E-state index contributed by atoms with van der Waals surface area (Å²) in [6, 6.07) is 6.60. The molecule has 1 aromatic heterocycles. The van der Waals surface area contributed by atoms with E-state index in [2.05, 4.69) is 10.4 Å². The largest absolute Gasteiger partial charge is 0.355 e. The number of aromatic nitrogens is 2. The molecule has 0 aliphatic carbocycles. The minimum atomic E-state index is -0.458. The Hall–Kier alpha value is -2.70. The maximum absolute atomic E-state index is 14.1. The smallest absolute Gasteiger partial charge is 0.227 e. The molecule has 2 heterocycles. The highest BCUT2D eigenvalue weighted by Crippen LogP contribution is 2.28.